The zero-order chi connectivity index (χ0) is 18.4. The molecule has 0 bridgehead atoms. The zero-order valence-corrected chi connectivity index (χ0v) is 15.4. The Kier molecular flexibility index (Phi) is 4.36. The normalized spacial score (nSPS) is 22.0. The molecule has 0 spiro atoms. The first-order valence-electron chi connectivity index (χ1n) is 9.96. The van der Waals surface area contributed by atoms with Crippen molar-refractivity contribution in [3.63, 3.8) is 0 Å². The molecule has 0 aromatic carbocycles. The van der Waals surface area contributed by atoms with Gasteiger partial charge in [-0.25, -0.2) is 9.37 Å². The zero-order valence-electron chi connectivity index (χ0n) is 15.4. The molecule has 2 aromatic heterocycles. The van der Waals surface area contributed by atoms with E-state index in [0.717, 1.165) is 18.5 Å². The molecule has 1 saturated heterocycles. The third-order valence-corrected chi connectivity index (χ3v) is 6.00. The van der Waals surface area contributed by atoms with Crippen LogP contribution in [0.25, 0.3) is 11.0 Å². The summed E-state index contributed by atoms with van der Waals surface area (Å²) in [6.07, 6.45) is 5.71. The number of halogens is 1. The smallest absolute Gasteiger partial charge is 0.225 e. The molecule has 4 heterocycles. The predicted octanol–water partition coefficient (Wildman–Crippen LogP) is 2.16. The van der Waals surface area contributed by atoms with Crippen LogP contribution in [0.15, 0.2) is 12.3 Å². The minimum atomic E-state index is -0.218. The molecule has 1 atom stereocenters. The van der Waals surface area contributed by atoms with Crippen LogP contribution in [0.2, 0.25) is 0 Å². The Bertz CT molecular complexity index is 872. The second kappa shape index (κ2) is 6.87. The molecule has 5 rings (SSSR count). The van der Waals surface area contributed by atoms with Gasteiger partial charge in [-0.1, -0.05) is 0 Å². The number of aromatic nitrogens is 2. The van der Waals surface area contributed by atoms with Crippen molar-refractivity contribution in [1.29, 1.82) is 0 Å². The molecule has 1 amide bonds. The van der Waals surface area contributed by atoms with Gasteiger partial charge in [0.15, 0.2) is 5.82 Å². The van der Waals surface area contributed by atoms with Gasteiger partial charge in [0.25, 0.3) is 0 Å². The summed E-state index contributed by atoms with van der Waals surface area (Å²) in [4.78, 5) is 18.8. The highest BCUT2D eigenvalue weighted by Crippen LogP contribution is 2.41. The molecule has 27 heavy (non-hydrogen) atoms. The van der Waals surface area contributed by atoms with Gasteiger partial charge in [-0.3, -0.25) is 4.79 Å². The van der Waals surface area contributed by atoms with E-state index in [-0.39, 0.29) is 11.7 Å². The SMILES string of the molecule is O=C(CCOCC1CCN1)N1CCn2c(c(F)c3cc(C4CC4)cnc32)C1. The van der Waals surface area contributed by atoms with Gasteiger partial charge in [0.05, 0.1) is 37.3 Å². The molecule has 2 aromatic rings. The number of ether oxygens (including phenoxy) is 1. The topological polar surface area (TPSA) is 59.4 Å². The van der Waals surface area contributed by atoms with Crippen molar-refractivity contribution in [2.24, 2.45) is 0 Å². The number of pyridine rings is 1. The van der Waals surface area contributed by atoms with Crippen molar-refractivity contribution < 1.29 is 13.9 Å². The van der Waals surface area contributed by atoms with Crippen LogP contribution >= 0.6 is 0 Å². The number of carbonyl (C=O) groups is 1. The lowest BCUT2D eigenvalue weighted by atomic mass is 10.1. The van der Waals surface area contributed by atoms with Gasteiger partial charge in [-0.05, 0) is 43.4 Å². The number of nitrogens with one attached hydrogen (secondary N) is 1. The number of fused-ring (bicyclic) bond motifs is 3. The molecular weight excluding hydrogens is 347 g/mol. The third-order valence-electron chi connectivity index (χ3n) is 6.00. The van der Waals surface area contributed by atoms with E-state index in [2.05, 4.69) is 10.3 Å². The maximum atomic E-state index is 15.0. The number of hydrogen-bond donors (Lipinski definition) is 1. The standard InChI is InChI=1S/C20H25FN4O2/c21-19-16-9-14(13-1-2-13)10-23-20(16)25-7-6-24(11-17(19)25)18(26)4-8-27-12-15-3-5-22-15/h9-10,13,15,22H,1-8,11-12H2. The maximum Gasteiger partial charge on any atom is 0.225 e. The number of nitrogens with zero attached hydrogens (tertiary/aromatic N) is 3. The predicted molar refractivity (Wildman–Crippen MR) is 98.9 cm³/mol. The van der Waals surface area contributed by atoms with Gasteiger partial charge in [-0.2, -0.15) is 0 Å². The summed E-state index contributed by atoms with van der Waals surface area (Å²) < 4.78 is 22.5. The fourth-order valence-electron chi connectivity index (χ4n) is 4.01. The van der Waals surface area contributed by atoms with Crippen LogP contribution in [0.3, 0.4) is 0 Å². The van der Waals surface area contributed by atoms with E-state index in [1.165, 1.54) is 12.8 Å². The van der Waals surface area contributed by atoms with Crippen molar-refractivity contribution in [3.05, 3.63) is 29.3 Å². The van der Waals surface area contributed by atoms with E-state index in [4.69, 9.17) is 4.74 Å². The molecular formula is C20H25FN4O2. The minimum Gasteiger partial charge on any atom is -0.379 e. The summed E-state index contributed by atoms with van der Waals surface area (Å²) >= 11 is 0. The molecule has 7 heteroatoms. The molecule has 1 saturated carbocycles. The average Bonchev–Trinajstić information content (AvgIpc) is 3.46. The highest BCUT2D eigenvalue weighted by atomic mass is 19.1. The lowest BCUT2D eigenvalue weighted by Gasteiger charge is -2.29. The first kappa shape index (κ1) is 17.1. The Hall–Kier alpha value is -1.99. The summed E-state index contributed by atoms with van der Waals surface area (Å²) in [7, 11) is 0. The van der Waals surface area contributed by atoms with Crippen molar-refractivity contribution in [1.82, 2.24) is 19.8 Å². The summed E-state index contributed by atoms with van der Waals surface area (Å²) in [5.41, 5.74) is 2.41. The van der Waals surface area contributed by atoms with E-state index in [1.54, 1.807) is 4.90 Å². The highest BCUT2D eigenvalue weighted by molar-refractivity contribution is 5.81. The Morgan fingerprint density at radius 1 is 1.33 bits per heavy atom. The number of amides is 1. The largest absolute Gasteiger partial charge is 0.379 e. The van der Waals surface area contributed by atoms with Gasteiger partial charge in [0, 0.05) is 25.3 Å². The van der Waals surface area contributed by atoms with Crippen LogP contribution in [0.5, 0.6) is 0 Å². The average molecular weight is 372 g/mol. The Labute approximate surface area is 157 Å². The van der Waals surface area contributed by atoms with Crippen LogP contribution in [0.1, 0.15) is 42.9 Å². The van der Waals surface area contributed by atoms with Gasteiger partial charge in [-0.15, -0.1) is 0 Å². The van der Waals surface area contributed by atoms with Crippen molar-refractivity contribution >= 4 is 16.9 Å². The van der Waals surface area contributed by atoms with Gasteiger partial charge < -0.3 is 19.5 Å². The van der Waals surface area contributed by atoms with Gasteiger partial charge in [0.2, 0.25) is 5.91 Å². The lowest BCUT2D eigenvalue weighted by molar-refractivity contribution is -0.133. The molecule has 2 fully saturated rings. The van der Waals surface area contributed by atoms with E-state index in [1.807, 2.05) is 16.8 Å². The molecule has 2 aliphatic heterocycles. The van der Waals surface area contributed by atoms with Crippen molar-refractivity contribution in [2.45, 2.75) is 50.7 Å². The number of carbonyl (C=O) groups excluding carboxylic acids is 1. The second-order valence-corrected chi connectivity index (χ2v) is 7.91. The van der Waals surface area contributed by atoms with Crippen molar-refractivity contribution in [2.75, 3.05) is 26.3 Å². The highest BCUT2D eigenvalue weighted by Gasteiger charge is 2.29. The summed E-state index contributed by atoms with van der Waals surface area (Å²) in [5.74, 6) is 0.357. The van der Waals surface area contributed by atoms with Crippen LogP contribution in [-0.4, -0.2) is 52.7 Å². The molecule has 1 unspecified atom stereocenters. The summed E-state index contributed by atoms with van der Waals surface area (Å²) in [5, 5.41) is 3.87. The second-order valence-electron chi connectivity index (χ2n) is 7.91. The summed E-state index contributed by atoms with van der Waals surface area (Å²) in [6.45, 7) is 3.62. The molecule has 144 valence electrons. The molecule has 3 aliphatic rings. The first-order valence-corrected chi connectivity index (χ1v) is 9.96. The molecule has 1 N–H and O–H groups in total. The Morgan fingerprint density at radius 2 is 2.19 bits per heavy atom. The van der Waals surface area contributed by atoms with Crippen molar-refractivity contribution in [3.8, 4) is 0 Å². The van der Waals surface area contributed by atoms with Crippen LogP contribution < -0.4 is 5.32 Å². The first-order chi connectivity index (χ1) is 13.2. The Morgan fingerprint density at radius 3 is 2.93 bits per heavy atom. The fraction of sp³-hybridized carbons (Fsp3) is 0.600. The van der Waals surface area contributed by atoms with E-state index >= 15 is 4.39 Å². The lowest BCUT2D eigenvalue weighted by Crippen LogP contribution is -2.46. The molecule has 1 aliphatic carbocycles. The quantitative estimate of drug-likeness (QED) is 0.790. The van der Waals surface area contributed by atoms with Crippen LogP contribution in [-0.2, 0) is 22.6 Å². The monoisotopic (exact) mass is 372 g/mol. The summed E-state index contributed by atoms with van der Waals surface area (Å²) in [6, 6.07) is 2.39. The van der Waals surface area contributed by atoms with Crippen LogP contribution in [0, 0.1) is 5.82 Å². The van der Waals surface area contributed by atoms with Crippen LogP contribution in [0.4, 0.5) is 4.39 Å². The van der Waals surface area contributed by atoms with Gasteiger partial charge >= 0.3 is 0 Å². The van der Waals surface area contributed by atoms with Gasteiger partial charge in [0.1, 0.15) is 5.65 Å². The molecule has 6 nitrogen and oxygen atoms in total. The number of rotatable bonds is 6. The minimum absolute atomic E-state index is 0.0269. The van der Waals surface area contributed by atoms with E-state index < -0.39 is 0 Å². The fourth-order valence-corrected chi connectivity index (χ4v) is 4.01. The third kappa shape index (κ3) is 3.23. The van der Waals surface area contributed by atoms with E-state index in [0.29, 0.717) is 68.0 Å². The molecule has 0 radical (unpaired) electrons. The van der Waals surface area contributed by atoms with E-state index in [9.17, 15) is 4.79 Å². The Balaban J connectivity index is 1.25. The number of hydrogen-bond acceptors (Lipinski definition) is 4. The maximum absolute atomic E-state index is 15.0.